The summed E-state index contributed by atoms with van der Waals surface area (Å²) in [5.41, 5.74) is 1.63. The second-order valence-corrected chi connectivity index (χ2v) is 4.44. The number of hydrogen-bond donors (Lipinski definition) is 3. The number of aromatic amines is 1. The number of imidazole rings is 1. The van der Waals surface area contributed by atoms with E-state index >= 15 is 0 Å². The molecular formula is C10H14N6. The monoisotopic (exact) mass is 218 g/mol. The number of nitrogens with zero attached hydrogens (tertiary/aromatic N) is 3. The molecule has 0 amide bonds. The quantitative estimate of drug-likeness (QED) is 0.684. The van der Waals surface area contributed by atoms with E-state index in [1.807, 2.05) is 0 Å². The Morgan fingerprint density at radius 2 is 2.31 bits per heavy atom. The van der Waals surface area contributed by atoms with Crippen molar-refractivity contribution in [2.45, 2.75) is 18.9 Å². The minimum atomic E-state index is 0.0619. The van der Waals surface area contributed by atoms with Crippen LogP contribution in [0.15, 0.2) is 12.7 Å². The highest BCUT2D eigenvalue weighted by Crippen LogP contribution is 2.23. The van der Waals surface area contributed by atoms with Gasteiger partial charge < -0.3 is 15.6 Å². The third-order valence-corrected chi connectivity index (χ3v) is 3.01. The van der Waals surface area contributed by atoms with Gasteiger partial charge in [-0.05, 0) is 19.9 Å². The molecule has 0 spiro atoms. The predicted molar refractivity (Wildman–Crippen MR) is 61.2 cm³/mol. The number of rotatable bonds is 2. The summed E-state index contributed by atoms with van der Waals surface area (Å²) in [5, 5.41) is 6.80. The van der Waals surface area contributed by atoms with Crippen LogP contribution in [0.5, 0.6) is 0 Å². The van der Waals surface area contributed by atoms with Gasteiger partial charge in [0.15, 0.2) is 11.5 Å². The first-order valence-electron chi connectivity index (χ1n) is 5.40. The molecule has 0 aromatic carbocycles. The van der Waals surface area contributed by atoms with Crippen molar-refractivity contribution in [2.75, 3.05) is 18.4 Å². The second kappa shape index (κ2) is 3.41. The zero-order chi connectivity index (χ0) is 11.0. The average Bonchev–Trinajstić information content (AvgIpc) is 2.87. The fourth-order valence-corrected chi connectivity index (χ4v) is 2.07. The molecule has 0 saturated carbocycles. The highest BCUT2D eigenvalue weighted by Gasteiger charge is 2.29. The molecule has 3 rings (SSSR count). The Kier molecular flexibility index (Phi) is 2.03. The molecule has 0 bridgehead atoms. The van der Waals surface area contributed by atoms with Crippen LogP contribution in [0.1, 0.15) is 13.3 Å². The van der Waals surface area contributed by atoms with E-state index in [2.05, 4.69) is 37.5 Å². The highest BCUT2D eigenvalue weighted by atomic mass is 15.1. The molecule has 2 aromatic rings. The standard InChI is InChI=1S/C10H14N6/c1-10(2-3-11-4-10)16-9-7-8(13-5-12-7)14-6-15-9/h5-6,11H,2-4H2,1H3,(H2,12,13,14,15,16). The van der Waals surface area contributed by atoms with Gasteiger partial charge in [0.25, 0.3) is 0 Å². The summed E-state index contributed by atoms with van der Waals surface area (Å²) in [6, 6.07) is 0. The van der Waals surface area contributed by atoms with Gasteiger partial charge in [-0.25, -0.2) is 15.0 Å². The molecular weight excluding hydrogens is 204 g/mol. The van der Waals surface area contributed by atoms with E-state index < -0.39 is 0 Å². The zero-order valence-corrected chi connectivity index (χ0v) is 9.12. The van der Waals surface area contributed by atoms with Crippen molar-refractivity contribution in [3.05, 3.63) is 12.7 Å². The molecule has 6 nitrogen and oxygen atoms in total. The van der Waals surface area contributed by atoms with E-state index in [9.17, 15) is 0 Å². The summed E-state index contributed by atoms with van der Waals surface area (Å²) in [5.74, 6) is 0.828. The van der Waals surface area contributed by atoms with Gasteiger partial charge in [-0.1, -0.05) is 0 Å². The molecule has 3 heterocycles. The number of H-pyrrole nitrogens is 1. The SMILES string of the molecule is CC1(Nc2ncnc3nc[nH]c23)CCNC1. The first-order valence-corrected chi connectivity index (χ1v) is 5.40. The average molecular weight is 218 g/mol. The minimum Gasteiger partial charge on any atom is -0.362 e. The zero-order valence-electron chi connectivity index (χ0n) is 9.12. The Morgan fingerprint density at radius 3 is 3.12 bits per heavy atom. The van der Waals surface area contributed by atoms with Gasteiger partial charge in [0.1, 0.15) is 11.8 Å². The van der Waals surface area contributed by atoms with Gasteiger partial charge in [-0.15, -0.1) is 0 Å². The fraction of sp³-hybridized carbons (Fsp3) is 0.500. The van der Waals surface area contributed by atoms with Crippen LogP contribution in [-0.4, -0.2) is 38.6 Å². The largest absolute Gasteiger partial charge is 0.362 e. The van der Waals surface area contributed by atoms with Gasteiger partial charge in [0.2, 0.25) is 0 Å². The van der Waals surface area contributed by atoms with Crippen LogP contribution in [0.3, 0.4) is 0 Å². The van der Waals surface area contributed by atoms with Crippen molar-refractivity contribution in [1.29, 1.82) is 0 Å². The number of aromatic nitrogens is 4. The third-order valence-electron chi connectivity index (χ3n) is 3.01. The van der Waals surface area contributed by atoms with Crippen molar-refractivity contribution >= 4 is 17.0 Å². The summed E-state index contributed by atoms with van der Waals surface area (Å²) >= 11 is 0. The lowest BCUT2D eigenvalue weighted by Gasteiger charge is -2.25. The van der Waals surface area contributed by atoms with Crippen molar-refractivity contribution < 1.29 is 0 Å². The number of hydrogen-bond acceptors (Lipinski definition) is 5. The van der Waals surface area contributed by atoms with Gasteiger partial charge >= 0.3 is 0 Å². The van der Waals surface area contributed by atoms with Crippen molar-refractivity contribution in [1.82, 2.24) is 25.3 Å². The summed E-state index contributed by atoms with van der Waals surface area (Å²) in [7, 11) is 0. The van der Waals surface area contributed by atoms with E-state index in [1.165, 1.54) is 6.33 Å². The van der Waals surface area contributed by atoms with Crippen LogP contribution in [-0.2, 0) is 0 Å². The van der Waals surface area contributed by atoms with E-state index in [1.54, 1.807) is 6.33 Å². The molecule has 1 fully saturated rings. The molecule has 1 aliphatic rings. The molecule has 0 radical (unpaired) electrons. The maximum atomic E-state index is 4.27. The molecule has 6 heteroatoms. The number of nitrogens with one attached hydrogen (secondary N) is 3. The number of fused-ring (bicyclic) bond motifs is 1. The van der Waals surface area contributed by atoms with Crippen LogP contribution in [0.4, 0.5) is 5.82 Å². The lowest BCUT2D eigenvalue weighted by Crippen LogP contribution is -2.37. The van der Waals surface area contributed by atoms with Gasteiger partial charge in [0, 0.05) is 12.1 Å². The summed E-state index contributed by atoms with van der Waals surface area (Å²) in [6.45, 7) is 4.19. The Bertz CT molecular complexity index is 499. The molecule has 16 heavy (non-hydrogen) atoms. The van der Waals surface area contributed by atoms with Crippen molar-refractivity contribution in [3.63, 3.8) is 0 Å². The fourth-order valence-electron chi connectivity index (χ4n) is 2.07. The maximum absolute atomic E-state index is 4.27. The van der Waals surface area contributed by atoms with Crippen LogP contribution in [0.25, 0.3) is 11.2 Å². The van der Waals surface area contributed by atoms with Gasteiger partial charge in [-0.3, -0.25) is 0 Å². The van der Waals surface area contributed by atoms with Crippen molar-refractivity contribution in [3.8, 4) is 0 Å². The van der Waals surface area contributed by atoms with E-state index in [-0.39, 0.29) is 5.54 Å². The van der Waals surface area contributed by atoms with E-state index in [0.29, 0.717) is 5.65 Å². The lowest BCUT2D eigenvalue weighted by atomic mass is 10.0. The molecule has 84 valence electrons. The van der Waals surface area contributed by atoms with E-state index in [4.69, 9.17) is 0 Å². The Hall–Kier alpha value is -1.69. The first kappa shape index (κ1) is 9.53. The van der Waals surface area contributed by atoms with E-state index in [0.717, 1.165) is 30.8 Å². The number of anilines is 1. The second-order valence-electron chi connectivity index (χ2n) is 4.44. The predicted octanol–water partition coefficient (Wildman–Crippen LogP) is 0.517. The lowest BCUT2D eigenvalue weighted by molar-refractivity contribution is 0.565. The molecule has 1 atom stereocenters. The topological polar surface area (TPSA) is 78.5 Å². The highest BCUT2D eigenvalue weighted by molar-refractivity contribution is 5.82. The molecule has 1 unspecified atom stereocenters. The molecule has 1 saturated heterocycles. The first-order chi connectivity index (χ1) is 7.77. The third kappa shape index (κ3) is 1.51. The van der Waals surface area contributed by atoms with Gasteiger partial charge in [0.05, 0.1) is 6.33 Å². The van der Waals surface area contributed by atoms with Crippen molar-refractivity contribution in [2.24, 2.45) is 0 Å². The Balaban J connectivity index is 1.96. The van der Waals surface area contributed by atoms with Crippen LogP contribution >= 0.6 is 0 Å². The normalized spacial score (nSPS) is 25.1. The summed E-state index contributed by atoms with van der Waals surface area (Å²) in [4.78, 5) is 15.5. The van der Waals surface area contributed by atoms with Gasteiger partial charge in [-0.2, -0.15) is 0 Å². The molecule has 2 aromatic heterocycles. The van der Waals surface area contributed by atoms with Crippen LogP contribution in [0.2, 0.25) is 0 Å². The maximum Gasteiger partial charge on any atom is 0.182 e. The molecule has 1 aliphatic heterocycles. The molecule has 0 aliphatic carbocycles. The van der Waals surface area contributed by atoms with Crippen LogP contribution in [0, 0.1) is 0 Å². The summed E-state index contributed by atoms with van der Waals surface area (Å²) < 4.78 is 0. The Labute approximate surface area is 92.9 Å². The summed E-state index contributed by atoms with van der Waals surface area (Å²) in [6.07, 6.45) is 4.27. The molecule has 3 N–H and O–H groups in total. The van der Waals surface area contributed by atoms with Crippen LogP contribution < -0.4 is 10.6 Å². The smallest absolute Gasteiger partial charge is 0.182 e. The Morgan fingerprint density at radius 1 is 1.38 bits per heavy atom. The minimum absolute atomic E-state index is 0.0619.